The fourth-order valence-corrected chi connectivity index (χ4v) is 3.18. The highest BCUT2D eigenvalue weighted by molar-refractivity contribution is 6.08. The molecule has 0 saturated carbocycles. The van der Waals surface area contributed by atoms with Crippen molar-refractivity contribution < 1.29 is 37.0 Å². The normalized spacial score (nSPS) is 14.3. The van der Waals surface area contributed by atoms with E-state index in [-0.39, 0.29) is 19.0 Å². The van der Waals surface area contributed by atoms with Gasteiger partial charge in [-0.3, -0.25) is 9.69 Å². The maximum Gasteiger partial charge on any atom is 0.573 e. The van der Waals surface area contributed by atoms with Crippen LogP contribution in [0.2, 0.25) is 0 Å². The molecule has 172 valence electrons. The van der Waals surface area contributed by atoms with Gasteiger partial charge in [0, 0.05) is 12.7 Å². The smallest absolute Gasteiger partial charge is 0.481 e. The van der Waals surface area contributed by atoms with Gasteiger partial charge in [0.25, 0.3) is 0 Å². The van der Waals surface area contributed by atoms with E-state index < -0.39 is 30.1 Å². The van der Waals surface area contributed by atoms with Crippen LogP contribution in [-0.2, 0) is 9.53 Å². The van der Waals surface area contributed by atoms with Crippen molar-refractivity contribution in [1.82, 2.24) is 10.3 Å². The summed E-state index contributed by atoms with van der Waals surface area (Å²) in [5.41, 5.74) is 1.50. The first kappa shape index (κ1) is 23.1. The molecule has 3 amide bonds. The minimum atomic E-state index is -4.81. The maximum atomic E-state index is 13.0. The molecular formula is C20H21F3N4O5. The molecule has 2 heterocycles. The Labute approximate surface area is 181 Å². The molecule has 0 radical (unpaired) electrons. The van der Waals surface area contributed by atoms with E-state index in [0.717, 1.165) is 17.0 Å². The van der Waals surface area contributed by atoms with Gasteiger partial charge in [-0.05, 0) is 30.7 Å². The summed E-state index contributed by atoms with van der Waals surface area (Å²) in [4.78, 5) is 30.6. The Balaban J connectivity index is 1.83. The first-order chi connectivity index (χ1) is 15.1. The molecule has 1 aliphatic heterocycles. The van der Waals surface area contributed by atoms with Gasteiger partial charge < -0.3 is 24.8 Å². The number of rotatable bonds is 6. The SMILES string of the molecule is COCC(NC(=O)N1CC(=O)Nc2cc(C)c(OC)nc21)c1ccc(OC(F)(F)F)cc1. The van der Waals surface area contributed by atoms with Crippen molar-refractivity contribution in [2.45, 2.75) is 19.3 Å². The lowest BCUT2D eigenvalue weighted by molar-refractivity contribution is -0.274. The summed E-state index contributed by atoms with van der Waals surface area (Å²) in [6.45, 7) is 1.50. The van der Waals surface area contributed by atoms with E-state index in [0.29, 0.717) is 22.7 Å². The van der Waals surface area contributed by atoms with Gasteiger partial charge in [-0.1, -0.05) is 12.1 Å². The molecule has 9 nitrogen and oxygen atoms in total. The Bertz CT molecular complexity index is 998. The summed E-state index contributed by atoms with van der Waals surface area (Å²) in [6.07, 6.45) is -4.81. The zero-order valence-electron chi connectivity index (χ0n) is 17.4. The van der Waals surface area contributed by atoms with Crippen LogP contribution < -0.4 is 25.0 Å². The van der Waals surface area contributed by atoms with Gasteiger partial charge in [0.15, 0.2) is 5.82 Å². The number of anilines is 2. The van der Waals surface area contributed by atoms with E-state index in [9.17, 15) is 22.8 Å². The lowest BCUT2D eigenvalue weighted by atomic mass is 10.1. The first-order valence-corrected chi connectivity index (χ1v) is 9.39. The van der Waals surface area contributed by atoms with E-state index in [4.69, 9.17) is 9.47 Å². The molecule has 1 aliphatic rings. The van der Waals surface area contributed by atoms with Crippen LogP contribution in [-0.4, -0.2) is 50.7 Å². The van der Waals surface area contributed by atoms with Gasteiger partial charge in [-0.2, -0.15) is 4.98 Å². The van der Waals surface area contributed by atoms with Gasteiger partial charge in [0.1, 0.15) is 12.3 Å². The molecule has 0 spiro atoms. The van der Waals surface area contributed by atoms with Crippen molar-refractivity contribution in [1.29, 1.82) is 0 Å². The number of benzene rings is 1. The zero-order chi connectivity index (χ0) is 23.5. The van der Waals surface area contributed by atoms with E-state index in [1.54, 1.807) is 13.0 Å². The third-order valence-electron chi connectivity index (χ3n) is 4.56. The van der Waals surface area contributed by atoms with Crippen molar-refractivity contribution >= 4 is 23.4 Å². The van der Waals surface area contributed by atoms with Gasteiger partial charge >= 0.3 is 12.4 Å². The van der Waals surface area contributed by atoms with Crippen LogP contribution in [0.3, 0.4) is 0 Å². The summed E-state index contributed by atoms with van der Waals surface area (Å²) in [6, 6.07) is 5.32. The van der Waals surface area contributed by atoms with Crippen LogP contribution in [0.5, 0.6) is 11.6 Å². The second-order valence-corrected chi connectivity index (χ2v) is 6.89. The standard InChI is InChI=1S/C20H21F3N4O5/c1-11-8-14-17(26-18(11)31-3)27(9-16(28)24-14)19(29)25-15(10-30-2)12-4-6-13(7-5-12)32-20(21,22)23/h4-8,15H,9-10H2,1-3H3,(H,24,28)(H,25,29). The van der Waals surface area contributed by atoms with E-state index in [1.807, 2.05) is 0 Å². The van der Waals surface area contributed by atoms with E-state index in [1.165, 1.54) is 26.4 Å². The number of nitrogens with one attached hydrogen (secondary N) is 2. The number of aryl methyl sites for hydroxylation is 1. The number of alkyl halides is 3. The number of carbonyl (C=O) groups excluding carboxylic acids is 2. The molecular weight excluding hydrogens is 433 g/mol. The summed E-state index contributed by atoms with van der Waals surface area (Å²) < 4.78 is 51.3. The molecule has 1 atom stereocenters. The number of pyridine rings is 1. The third kappa shape index (κ3) is 5.38. The van der Waals surface area contributed by atoms with Gasteiger partial charge in [-0.25, -0.2) is 4.79 Å². The fraction of sp³-hybridized carbons (Fsp3) is 0.350. The molecule has 0 fully saturated rings. The number of halogens is 3. The van der Waals surface area contributed by atoms with Crippen LogP contribution in [0.15, 0.2) is 30.3 Å². The summed E-state index contributed by atoms with van der Waals surface area (Å²) in [5.74, 6) is -0.297. The largest absolute Gasteiger partial charge is 0.573 e. The molecule has 32 heavy (non-hydrogen) atoms. The molecule has 2 N–H and O–H groups in total. The van der Waals surface area contributed by atoms with Gasteiger partial charge in [0.05, 0.1) is 25.4 Å². The molecule has 3 rings (SSSR count). The molecule has 0 aliphatic carbocycles. The average Bonchev–Trinajstić information content (AvgIpc) is 2.71. The molecule has 0 bridgehead atoms. The van der Waals surface area contributed by atoms with Crippen LogP contribution in [0, 0.1) is 6.92 Å². The number of urea groups is 1. The lowest BCUT2D eigenvalue weighted by Crippen LogP contribution is -2.49. The highest BCUT2D eigenvalue weighted by Gasteiger charge is 2.32. The van der Waals surface area contributed by atoms with Crippen molar-refractivity contribution in [2.75, 3.05) is 37.6 Å². The molecule has 2 aromatic rings. The minimum Gasteiger partial charge on any atom is -0.481 e. The Morgan fingerprint density at radius 3 is 2.56 bits per heavy atom. The number of hydrogen-bond acceptors (Lipinski definition) is 6. The molecule has 1 aromatic heterocycles. The molecule has 1 unspecified atom stereocenters. The third-order valence-corrected chi connectivity index (χ3v) is 4.56. The number of amides is 3. The number of ether oxygens (including phenoxy) is 3. The highest BCUT2D eigenvalue weighted by Crippen LogP contribution is 2.32. The first-order valence-electron chi connectivity index (χ1n) is 9.39. The van der Waals surface area contributed by atoms with Crippen LogP contribution in [0.4, 0.5) is 29.5 Å². The molecule has 12 heteroatoms. The predicted octanol–water partition coefficient (Wildman–Crippen LogP) is 3.15. The number of hydrogen-bond donors (Lipinski definition) is 2. The quantitative estimate of drug-likeness (QED) is 0.696. The summed E-state index contributed by atoms with van der Waals surface area (Å²) in [7, 11) is 2.85. The summed E-state index contributed by atoms with van der Waals surface area (Å²) in [5, 5.41) is 5.39. The number of fused-ring (bicyclic) bond motifs is 1. The van der Waals surface area contributed by atoms with Crippen molar-refractivity contribution in [3.63, 3.8) is 0 Å². The Kier molecular flexibility index (Phi) is 6.72. The van der Waals surface area contributed by atoms with Crippen LogP contribution >= 0.6 is 0 Å². The Morgan fingerprint density at radius 1 is 1.28 bits per heavy atom. The Hall–Kier alpha value is -3.54. The van der Waals surface area contributed by atoms with Crippen molar-refractivity contribution in [2.24, 2.45) is 0 Å². The number of aromatic nitrogens is 1. The van der Waals surface area contributed by atoms with Crippen molar-refractivity contribution in [3.05, 3.63) is 41.5 Å². The highest BCUT2D eigenvalue weighted by atomic mass is 19.4. The van der Waals surface area contributed by atoms with Gasteiger partial charge in [-0.15, -0.1) is 13.2 Å². The van der Waals surface area contributed by atoms with Crippen molar-refractivity contribution in [3.8, 4) is 11.6 Å². The number of carbonyl (C=O) groups is 2. The Morgan fingerprint density at radius 2 is 1.97 bits per heavy atom. The second-order valence-electron chi connectivity index (χ2n) is 6.89. The summed E-state index contributed by atoms with van der Waals surface area (Å²) >= 11 is 0. The average molecular weight is 454 g/mol. The van der Waals surface area contributed by atoms with E-state index in [2.05, 4.69) is 20.4 Å². The minimum absolute atomic E-state index is 0.0305. The molecule has 1 aromatic carbocycles. The fourth-order valence-electron chi connectivity index (χ4n) is 3.18. The van der Waals surface area contributed by atoms with E-state index >= 15 is 0 Å². The van der Waals surface area contributed by atoms with Crippen LogP contribution in [0.25, 0.3) is 0 Å². The predicted molar refractivity (Wildman–Crippen MR) is 108 cm³/mol. The number of nitrogens with zero attached hydrogens (tertiary/aromatic N) is 2. The molecule has 0 saturated heterocycles. The monoisotopic (exact) mass is 454 g/mol. The second kappa shape index (κ2) is 9.30. The zero-order valence-corrected chi connectivity index (χ0v) is 17.4. The number of methoxy groups -OCH3 is 2. The maximum absolute atomic E-state index is 13.0. The van der Waals surface area contributed by atoms with Crippen LogP contribution in [0.1, 0.15) is 17.2 Å². The van der Waals surface area contributed by atoms with Gasteiger partial charge in [0.2, 0.25) is 11.8 Å². The topological polar surface area (TPSA) is 102 Å². The lowest BCUT2D eigenvalue weighted by Gasteiger charge is -2.30.